The molecule has 1 N–H and O–H groups in total. The summed E-state index contributed by atoms with van der Waals surface area (Å²) in [6, 6.07) is 12.1. The number of halogens is 1. The summed E-state index contributed by atoms with van der Waals surface area (Å²) in [6.07, 6.45) is 1.57. The van der Waals surface area contributed by atoms with Crippen molar-refractivity contribution in [2.24, 2.45) is 4.99 Å². The van der Waals surface area contributed by atoms with Gasteiger partial charge in [0.15, 0.2) is 6.61 Å². The SMILES string of the molecule is COc1ccc(N=Cc2cc(Cl)ccc2OCC(=O)O)cc1. The van der Waals surface area contributed by atoms with E-state index >= 15 is 0 Å². The molecule has 0 unspecified atom stereocenters. The number of ether oxygens (including phenoxy) is 2. The molecular weight excluding hydrogens is 306 g/mol. The van der Waals surface area contributed by atoms with Crippen LogP contribution in [0, 0.1) is 0 Å². The van der Waals surface area contributed by atoms with Crippen molar-refractivity contribution in [1.29, 1.82) is 0 Å². The van der Waals surface area contributed by atoms with E-state index in [-0.39, 0.29) is 0 Å². The van der Waals surface area contributed by atoms with Crippen LogP contribution in [0.5, 0.6) is 11.5 Å². The number of carboxylic acids is 1. The Kier molecular flexibility index (Phi) is 5.38. The van der Waals surface area contributed by atoms with Crippen LogP contribution < -0.4 is 9.47 Å². The van der Waals surface area contributed by atoms with E-state index < -0.39 is 12.6 Å². The van der Waals surface area contributed by atoms with Crippen LogP contribution in [0.3, 0.4) is 0 Å². The maximum Gasteiger partial charge on any atom is 0.341 e. The van der Waals surface area contributed by atoms with Crippen LogP contribution >= 0.6 is 11.6 Å². The van der Waals surface area contributed by atoms with Crippen molar-refractivity contribution in [3.63, 3.8) is 0 Å². The summed E-state index contributed by atoms with van der Waals surface area (Å²) in [5.74, 6) is 0.101. The number of methoxy groups -OCH3 is 1. The zero-order chi connectivity index (χ0) is 15.9. The monoisotopic (exact) mass is 319 g/mol. The van der Waals surface area contributed by atoms with Crippen LogP contribution in [-0.2, 0) is 4.79 Å². The molecule has 6 heteroatoms. The van der Waals surface area contributed by atoms with Crippen LogP contribution in [0.25, 0.3) is 0 Å². The smallest absolute Gasteiger partial charge is 0.341 e. The molecule has 0 aromatic heterocycles. The third kappa shape index (κ3) is 4.49. The van der Waals surface area contributed by atoms with Gasteiger partial charge in [-0.1, -0.05) is 11.6 Å². The second-order valence-corrected chi connectivity index (χ2v) is 4.76. The van der Waals surface area contributed by atoms with E-state index in [2.05, 4.69) is 4.99 Å². The molecule has 0 fully saturated rings. The van der Waals surface area contributed by atoms with Crippen LogP contribution in [0.4, 0.5) is 5.69 Å². The molecule has 0 spiro atoms. The van der Waals surface area contributed by atoms with Gasteiger partial charge in [0.25, 0.3) is 0 Å². The summed E-state index contributed by atoms with van der Waals surface area (Å²) in [5, 5.41) is 9.19. The number of carbonyl (C=O) groups is 1. The fourth-order valence-corrected chi connectivity index (χ4v) is 1.88. The average Bonchev–Trinajstić information content (AvgIpc) is 2.52. The molecule has 0 saturated heterocycles. The van der Waals surface area contributed by atoms with Crippen LogP contribution in [0.1, 0.15) is 5.56 Å². The minimum atomic E-state index is -1.05. The number of benzene rings is 2. The summed E-state index contributed by atoms with van der Waals surface area (Å²) in [5.41, 5.74) is 1.33. The van der Waals surface area contributed by atoms with Crippen molar-refractivity contribution in [2.75, 3.05) is 13.7 Å². The number of hydrogen-bond acceptors (Lipinski definition) is 4. The number of rotatable bonds is 6. The maximum atomic E-state index is 10.6. The molecule has 0 aliphatic heterocycles. The molecule has 0 aliphatic rings. The molecule has 0 saturated carbocycles. The standard InChI is InChI=1S/C16H14ClNO4/c1-21-14-5-3-13(4-6-14)18-9-11-8-12(17)2-7-15(11)22-10-16(19)20/h2-9H,10H2,1H3,(H,19,20). The Morgan fingerprint density at radius 3 is 2.64 bits per heavy atom. The van der Waals surface area contributed by atoms with Crippen molar-refractivity contribution in [2.45, 2.75) is 0 Å². The molecule has 114 valence electrons. The summed E-state index contributed by atoms with van der Waals surface area (Å²) >= 11 is 5.95. The minimum absolute atomic E-state index is 0.407. The number of aliphatic carboxylic acids is 1. The predicted molar refractivity (Wildman–Crippen MR) is 84.8 cm³/mol. The molecular formula is C16H14ClNO4. The zero-order valence-electron chi connectivity index (χ0n) is 11.8. The molecule has 0 bridgehead atoms. The Morgan fingerprint density at radius 1 is 1.27 bits per heavy atom. The Morgan fingerprint density at radius 2 is 2.00 bits per heavy atom. The molecule has 2 rings (SSSR count). The van der Waals surface area contributed by atoms with Gasteiger partial charge in [0.05, 0.1) is 12.8 Å². The Labute approximate surface area is 132 Å². The van der Waals surface area contributed by atoms with E-state index in [0.29, 0.717) is 16.3 Å². The third-order valence-electron chi connectivity index (χ3n) is 2.75. The number of aliphatic imine (C=N–C) groups is 1. The molecule has 2 aromatic carbocycles. The van der Waals surface area contributed by atoms with E-state index in [9.17, 15) is 4.79 Å². The highest BCUT2D eigenvalue weighted by Gasteiger charge is 2.05. The second kappa shape index (κ2) is 7.47. The largest absolute Gasteiger partial charge is 0.497 e. The maximum absolute atomic E-state index is 10.6. The normalized spacial score (nSPS) is 10.6. The molecule has 0 heterocycles. The van der Waals surface area contributed by atoms with E-state index in [1.807, 2.05) is 0 Å². The van der Waals surface area contributed by atoms with Gasteiger partial charge in [-0.05, 0) is 42.5 Å². The first-order valence-electron chi connectivity index (χ1n) is 6.41. The molecule has 5 nitrogen and oxygen atoms in total. The van der Waals surface area contributed by atoms with Gasteiger partial charge >= 0.3 is 5.97 Å². The quantitative estimate of drug-likeness (QED) is 0.827. The van der Waals surface area contributed by atoms with Crippen LogP contribution in [0.15, 0.2) is 47.5 Å². The number of nitrogens with zero attached hydrogens (tertiary/aromatic N) is 1. The topological polar surface area (TPSA) is 68.1 Å². The van der Waals surface area contributed by atoms with Gasteiger partial charge in [-0.3, -0.25) is 4.99 Å². The van der Waals surface area contributed by atoms with Gasteiger partial charge in [0.1, 0.15) is 11.5 Å². The highest BCUT2D eigenvalue weighted by atomic mass is 35.5. The molecule has 0 aliphatic carbocycles. The van der Waals surface area contributed by atoms with Gasteiger partial charge < -0.3 is 14.6 Å². The zero-order valence-corrected chi connectivity index (χ0v) is 12.6. The molecule has 0 radical (unpaired) electrons. The van der Waals surface area contributed by atoms with E-state index in [1.165, 1.54) is 0 Å². The lowest BCUT2D eigenvalue weighted by Gasteiger charge is -2.07. The van der Waals surface area contributed by atoms with Gasteiger partial charge in [-0.2, -0.15) is 0 Å². The second-order valence-electron chi connectivity index (χ2n) is 4.32. The molecule has 22 heavy (non-hydrogen) atoms. The lowest BCUT2D eigenvalue weighted by Crippen LogP contribution is -2.10. The summed E-state index contributed by atoms with van der Waals surface area (Å²) in [4.78, 5) is 14.9. The lowest BCUT2D eigenvalue weighted by atomic mass is 10.2. The summed E-state index contributed by atoms with van der Waals surface area (Å²) in [6.45, 7) is -0.426. The average molecular weight is 320 g/mol. The van der Waals surface area contributed by atoms with Gasteiger partial charge in [-0.15, -0.1) is 0 Å². The number of hydrogen-bond donors (Lipinski definition) is 1. The van der Waals surface area contributed by atoms with E-state index in [0.717, 1.165) is 11.4 Å². The van der Waals surface area contributed by atoms with Crippen molar-refractivity contribution >= 4 is 29.5 Å². The highest BCUT2D eigenvalue weighted by Crippen LogP contribution is 2.23. The van der Waals surface area contributed by atoms with E-state index in [4.69, 9.17) is 26.2 Å². The van der Waals surface area contributed by atoms with Crippen molar-refractivity contribution in [3.8, 4) is 11.5 Å². The highest BCUT2D eigenvalue weighted by molar-refractivity contribution is 6.30. The van der Waals surface area contributed by atoms with Gasteiger partial charge in [0.2, 0.25) is 0 Å². The molecule has 0 amide bonds. The fraction of sp³-hybridized carbons (Fsp3) is 0.125. The first-order chi connectivity index (χ1) is 10.6. The first-order valence-corrected chi connectivity index (χ1v) is 6.78. The summed E-state index contributed by atoms with van der Waals surface area (Å²) in [7, 11) is 1.59. The lowest BCUT2D eigenvalue weighted by molar-refractivity contribution is -0.139. The predicted octanol–water partition coefficient (Wildman–Crippen LogP) is 3.56. The van der Waals surface area contributed by atoms with Crippen LogP contribution in [0.2, 0.25) is 5.02 Å². The minimum Gasteiger partial charge on any atom is -0.497 e. The van der Waals surface area contributed by atoms with Crippen molar-refractivity contribution < 1.29 is 19.4 Å². The Balaban J connectivity index is 2.20. The summed E-state index contributed by atoms with van der Waals surface area (Å²) < 4.78 is 10.3. The third-order valence-corrected chi connectivity index (χ3v) is 2.98. The molecule has 0 atom stereocenters. The fourth-order valence-electron chi connectivity index (χ4n) is 1.70. The van der Waals surface area contributed by atoms with Crippen molar-refractivity contribution in [1.82, 2.24) is 0 Å². The van der Waals surface area contributed by atoms with Crippen molar-refractivity contribution in [3.05, 3.63) is 53.1 Å². The van der Waals surface area contributed by atoms with Crippen LogP contribution in [-0.4, -0.2) is 31.0 Å². The van der Waals surface area contributed by atoms with Gasteiger partial charge in [-0.25, -0.2) is 4.79 Å². The molecule has 2 aromatic rings. The van der Waals surface area contributed by atoms with Gasteiger partial charge in [0, 0.05) is 16.8 Å². The Bertz CT molecular complexity index is 683. The van der Waals surface area contributed by atoms with E-state index in [1.54, 1.807) is 55.8 Å². The number of carboxylic acid groups (broad SMARTS) is 1. The Hall–Kier alpha value is -2.53. The first kappa shape index (κ1) is 15.9.